The molecule has 5 atom stereocenters. The third kappa shape index (κ3) is 3.32. The number of H-pyrrole nitrogens is 1. The van der Waals surface area contributed by atoms with E-state index in [2.05, 4.69) is 0 Å². The lowest BCUT2D eigenvalue weighted by Crippen LogP contribution is -2.45. The molecule has 0 aliphatic carbocycles. The van der Waals surface area contributed by atoms with Crippen LogP contribution in [0.5, 0.6) is 0 Å². The molecule has 0 radical (unpaired) electrons. The Hall–Kier alpha value is -1.10. The number of hydrogen-bond donors (Lipinski definition) is 1. The number of aromatic amines is 1. The molecular formula is C12H14ClF2N2O7P. The minimum Gasteiger partial charge on any atom is -0.344 e. The lowest BCUT2D eigenvalue weighted by atomic mass is 10.1. The van der Waals surface area contributed by atoms with Gasteiger partial charge in [-0.05, 0) is 13.8 Å². The van der Waals surface area contributed by atoms with Gasteiger partial charge >= 0.3 is 13.5 Å². The number of nitrogens with zero attached hydrogens (tertiary/aromatic N) is 1. The van der Waals surface area contributed by atoms with Gasteiger partial charge in [-0.15, -0.1) is 0 Å². The molecule has 0 amide bonds. The zero-order chi connectivity index (χ0) is 18.6. The Morgan fingerprint density at radius 2 is 2.20 bits per heavy atom. The molecule has 25 heavy (non-hydrogen) atoms. The van der Waals surface area contributed by atoms with Gasteiger partial charge in [-0.25, -0.2) is 13.8 Å². The van der Waals surface area contributed by atoms with Crippen molar-refractivity contribution in [2.24, 2.45) is 0 Å². The third-order valence-corrected chi connectivity index (χ3v) is 5.54. The number of aromatic nitrogens is 2. The van der Waals surface area contributed by atoms with E-state index >= 15 is 4.39 Å². The second kappa shape index (κ2) is 6.26. The van der Waals surface area contributed by atoms with Crippen molar-refractivity contribution in [2.45, 2.75) is 43.5 Å². The Kier molecular flexibility index (Phi) is 4.68. The van der Waals surface area contributed by atoms with E-state index < -0.39 is 54.6 Å². The maximum atomic E-state index is 15.1. The zero-order valence-electron chi connectivity index (χ0n) is 13.0. The number of phosphoric acid groups is 1. The number of nitrogens with one attached hydrogen (secondary N) is 1. The summed E-state index contributed by atoms with van der Waals surface area (Å²) in [6.07, 6.45) is -4.67. The van der Waals surface area contributed by atoms with E-state index in [1.807, 2.05) is 0 Å². The molecule has 3 heterocycles. The van der Waals surface area contributed by atoms with Crippen LogP contribution in [0.25, 0.3) is 0 Å². The van der Waals surface area contributed by atoms with Gasteiger partial charge in [0.1, 0.15) is 6.10 Å². The first-order valence-electron chi connectivity index (χ1n) is 7.19. The Morgan fingerprint density at radius 1 is 1.52 bits per heavy atom. The van der Waals surface area contributed by atoms with Crippen molar-refractivity contribution < 1.29 is 31.7 Å². The fourth-order valence-corrected chi connectivity index (χ4v) is 4.50. The largest absolute Gasteiger partial charge is 0.475 e. The predicted octanol–water partition coefficient (Wildman–Crippen LogP) is 1.43. The third-order valence-electron chi connectivity index (χ3n) is 3.51. The number of fused-ring (bicyclic) bond motifs is 1. The van der Waals surface area contributed by atoms with Gasteiger partial charge in [0.2, 0.25) is 5.82 Å². The smallest absolute Gasteiger partial charge is 0.344 e. The van der Waals surface area contributed by atoms with Crippen LogP contribution < -0.4 is 11.2 Å². The maximum Gasteiger partial charge on any atom is 0.475 e. The second-order valence-corrected chi connectivity index (χ2v) is 7.92. The lowest BCUT2D eigenvalue weighted by molar-refractivity contribution is -0.0750. The van der Waals surface area contributed by atoms with Gasteiger partial charge in [-0.1, -0.05) is 11.6 Å². The van der Waals surface area contributed by atoms with Crippen LogP contribution in [0.1, 0.15) is 20.1 Å². The van der Waals surface area contributed by atoms with Crippen molar-refractivity contribution in [3.63, 3.8) is 0 Å². The molecule has 2 saturated heterocycles. The molecule has 0 aromatic carbocycles. The molecule has 2 fully saturated rings. The van der Waals surface area contributed by atoms with Crippen molar-refractivity contribution in [3.8, 4) is 0 Å². The molecule has 2 aliphatic heterocycles. The van der Waals surface area contributed by atoms with E-state index in [0.29, 0.717) is 10.8 Å². The van der Waals surface area contributed by atoms with Gasteiger partial charge in [0.05, 0.1) is 18.9 Å². The number of halogens is 3. The van der Waals surface area contributed by atoms with Crippen molar-refractivity contribution in [2.75, 3.05) is 6.61 Å². The summed E-state index contributed by atoms with van der Waals surface area (Å²) in [4.78, 5) is 24.6. The van der Waals surface area contributed by atoms with Crippen LogP contribution in [0.2, 0.25) is 0 Å². The summed E-state index contributed by atoms with van der Waals surface area (Å²) in [7, 11) is -4.09. The highest BCUT2D eigenvalue weighted by atomic mass is 35.5. The Balaban J connectivity index is 1.94. The Labute approximate surface area is 144 Å². The van der Waals surface area contributed by atoms with Gasteiger partial charge in [0.25, 0.3) is 10.7 Å². The van der Waals surface area contributed by atoms with E-state index in [9.17, 15) is 18.5 Å². The molecule has 13 heteroatoms. The zero-order valence-corrected chi connectivity index (χ0v) is 14.6. The van der Waals surface area contributed by atoms with Gasteiger partial charge in [0.15, 0.2) is 12.3 Å². The van der Waals surface area contributed by atoms with E-state index in [1.165, 1.54) is 0 Å². The summed E-state index contributed by atoms with van der Waals surface area (Å²) >= 11 is 5.85. The number of phosphoric ester groups is 1. The minimum absolute atomic E-state index is 0.385. The molecule has 1 aromatic rings. The van der Waals surface area contributed by atoms with E-state index in [-0.39, 0.29) is 6.61 Å². The molecule has 0 saturated carbocycles. The first-order chi connectivity index (χ1) is 11.5. The lowest BCUT2D eigenvalue weighted by Gasteiger charge is -2.33. The second-order valence-electron chi connectivity index (χ2n) is 5.77. The van der Waals surface area contributed by atoms with Crippen LogP contribution in [0.3, 0.4) is 0 Å². The number of rotatable bonds is 3. The summed E-state index contributed by atoms with van der Waals surface area (Å²) in [5, 5.41) is -2.90. The molecule has 0 spiro atoms. The van der Waals surface area contributed by atoms with Crippen LogP contribution in [0, 0.1) is 5.82 Å². The van der Waals surface area contributed by atoms with Crippen molar-refractivity contribution in [1.82, 2.24) is 9.55 Å². The summed E-state index contributed by atoms with van der Waals surface area (Å²) in [5.74, 6) is -1.34. The fraction of sp³-hybridized carbons (Fsp3) is 0.667. The highest BCUT2D eigenvalue weighted by molar-refractivity contribution is 7.48. The van der Waals surface area contributed by atoms with Gasteiger partial charge in [-0.2, -0.15) is 4.39 Å². The fourth-order valence-electron chi connectivity index (χ4n) is 2.51. The average molecular weight is 403 g/mol. The van der Waals surface area contributed by atoms with Crippen LogP contribution >= 0.6 is 19.4 Å². The standard InChI is InChI=1S/C12H14ClF2N2O7P/c1-5(2)23-25(20)21-4-7-8(24-25)12(13,15)10(22-7)17-3-6(14)9(18)16-11(17)19/h3,5,7-8,10H,4H2,1-2H3,(H,16,18,19)/t7-,8-,10-,12+,25-/m1/s1. The minimum atomic E-state index is -4.09. The average Bonchev–Trinajstić information content (AvgIpc) is 2.73. The molecule has 3 rings (SSSR count). The highest BCUT2D eigenvalue weighted by Crippen LogP contribution is 2.60. The SMILES string of the molecule is CC(C)O[P@@]1(=O)OC[C@H]2O[C@@H](n3cc(F)c(=O)[nH]c3=O)[C@](F)(Cl)[C@@H]2O1. The van der Waals surface area contributed by atoms with Crippen molar-refractivity contribution in [1.29, 1.82) is 0 Å². The topological polar surface area (TPSA) is 109 Å². The number of alkyl halides is 2. The van der Waals surface area contributed by atoms with Crippen molar-refractivity contribution >= 4 is 19.4 Å². The van der Waals surface area contributed by atoms with Crippen LogP contribution in [-0.4, -0.2) is 39.6 Å². The van der Waals surface area contributed by atoms with E-state index in [0.717, 1.165) is 0 Å². The normalized spacial score (nSPS) is 38.1. The molecule has 140 valence electrons. The highest BCUT2D eigenvalue weighted by Gasteiger charge is 2.63. The molecule has 9 nitrogen and oxygen atoms in total. The van der Waals surface area contributed by atoms with E-state index in [4.69, 9.17) is 29.9 Å². The Bertz CT molecular complexity index is 841. The molecule has 0 bridgehead atoms. The van der Waals surface area contributed by atoms with E-state index in [1.54, 1.807) is 18.8 Å². The summed E-state index contributed by atoms with van der Waals surface area (Å²) in [5.41, 5.74) is -2.41. The molecule has 1 aromatic heterocycles. The van der Waals surface area contributed by atoms with Crippen LogP contribution in [-0.2, 0) is 22.9 Å². The van der Waals surface area contributed by atoms with Gasteiger partial charge in [-0.3, -0.25) is 27.9 Å². The molecular weight excluding hydrogens is 389 g/mol. The molecule has 0 unspecified atom stereocenters. The molecule has 2 aliphatic rings. The summed E-state index contributed by atoms with van der Waals surface area (Å²) < 4.78 is 61.7. The summed E-state index contributed by atoms with van der Waals surface area (Å²) in [6.45, 7) is 2.75. The van der Waals surface area contributed by atoms with Crippen molar-refractivity contribution in [3.05, 3.63) is 32.9 Å². The van der Waals surface area contributed by atoms with Crippen LogP contribution in [0.4, 0.5) is 8.78 Å². The van der Waals surface area contributed by atoms with Gasteiger partial charge in [0, 0.05) is 0 Å². The number of ether oxygens (including phenoxy) is 1. The number of hydrogen-bond acceptors (Lipinski definition) is 7. The Morgan fingerprint density at radius 3 is 2.84 bits per heavy atom. The quantitative estimate of drug-likeness (QED) is 0.601. The predicted molar refractivity (Wildman–Crippen MR) is 79.5 cm³/mol. The maximum absolute atomic E-state index is 15.1. The first kappa shape index (κ1) is 18.7. The van der Waals surface area contributed by atoms with Crippen LogP contribution in [0.15, 0.2) is 15.8 Å². The first-order valence-corrected chi connectivity index (χ1v) is 9.03. The van der Waals surface area contributed by atoms with Gasteiger partial charge < -0.3 is 4.74 Å². The molecule has 1 N–H and O–H groups in total. The monoisotopic (exact) mass is 402 g/mol. The summed E-state index contributed by atoms with van der Waals surface area (Å²) in [6, 6.07) is 0.